The van der Waals surface area contributed by atoms with Gasteiger partial charge in [-0.05, 0) is 52.7 Å². The molecule has 1 saturated heterocycles. The Morgan fingerprint density at radius 1 is 1.21 bits per heavy atom. The molecule has 1 aliphatic heterocycles. The summed E-state index contributed by atoms with van der Waals surface area (Å²) in [4.78, 5) is 17.9. The number of ether oxygens (including phenoxy) is 1. The van der Waals surface area contributed by atoms with Gasteiger partial charge in [0.15, 0.2) is 6.61 Å². The molecular formula is C18H21BrN2O2S. The Balaban J connectivity index is 1.43. The van der Waals surface area contributed by atoms with E-state index < -0.39 is 0 Å². The van der Waals surface area contributed by atoms with Crippen molar-refractivity contribution in [1.82, 2.24) is 9.80 Å². The summed E-state index contributed by atoms with van der Waals surface area (Å²) in [5.74, 6) is 0.820. The fourth-order valence-corrected chi connectivity index (χ4v) is 4.28. The minimum Gasteiger partial charge on any atom is -0.484 e. The number of amides is 1. The Labute approximate surface area is 155 Å². The highest BCUT2D eigenvalue weighted by molar-refractivity contribution is 9.11. The zero-order chi connectivity index (χ0) is 16.9. The minimum atomic E-state index is 0.0648. The molecule has 0 aliphatic carbocycles. The van der Waals surface area contributed by atoms with Crippen LogP contribution < -0.4 is 4.74 Å². The van der Waals surface area contributed by atoms with Gasteiger partial charge < -0.3 is 9.64 Å². The first-order chi connectivity index (χ1) is 11.6. The first kappa shape index (κ1) is 17.5. The first-order valence-corrected chi connectivity index (χ1v) is 9.65. The van der Waals surface area contributed by atoms with Gasteiger partial charge in [-0.15, -0.1) is 11.3 Å². The standard InChI is InChI=1S/C18H21BrN2O2S/c1-14-3-2-4-15(11-14)23-13-18(22)21-9-7-20(8-10-21)12-16-5-6-17(19)24-16/h2-6,11H,7-10,12-13H2,1H3. The third kappa shape index (κ3) is 4.82. The van der Waals surface area contributed by atoms with E-state index in [0.717, 1.165) is 44.0 Å². The molecule has 0 unspecified atom stereocenters. The highest BCUT2D eigenvalue weighted by Crippen LogP contribution is 2.23. The van der Waals surface area contributed by atoms with E-state index in [-0.39, 0.29) is 12.5 Å². The van der Waals surface area contributed by atoms with Crippen molar-refractivity contribution in [2.45, 2.75) is 13.5 Å². The third-order valence-corrected chi connectivity index (χ3v) is 5.69. The Kier molecular flexibility index (Phi) is 5.92. The van der Waals surface area contributed by atoms with E-state index in [1.165, 1.54) is 8.66 Å². The molecule has 0 bridgehead atoms. The van der Waals surface area contributed by atoms with Crippen LogP contribution in [0.1, 0.15) is 10.4 Å². The van der Waals surface area contributed by atoms with Crippen molar-refractivity contribution in [2.75, 3.05) is 32.8 Å². The first-order valence-electron chi connectivity index (χ1n) is 8.04. The number of thiophene rings is 1. The van der Waals surface area contributed by atoms with Crippen molar-refractivity contribution < 1.29 is 9.53 Å². The lowest BCUT2D eigenvalue weighted by Gasteiger charge is -2.34. The number of carbonyl (C=O) groups is 1. The number of hydrogen-bond acceptors (Lipinski definition) is 4. The molecule has 128 valence electrons. The molecule has 0 radical (unpaired) electrons. The van der Waals surface area contributed by atoms with Crippen molar-refractivity contribution in [3.05, 3.63) is 50.6 Å². The van der Waals surface area contributed by atoms with Crippen molar-refractivity contribution >= 4 is 33.2 Å². The average molecular weight is 409 g/mol. The lowest BCUT2D eigenvalue weighted by molar-refractivity contribution is -0.135. The molecule has 2 aromatic rings. The van der Waals surface area contributed by atoms with Crippen molar-refractivity contribution in [3.63, 3.8) is 0 Å². The molecule has 0 spiro atoms. The van der Waals surface area contributed by atoms with Crippen LogP contribution in [-0.4, -0.2) is 48.5 Å². The maximum absolute atomic E-state index is 12.3. The number of aryl methyl sites for hydroxylation is 1. The van der Waals surface area contributed by atoms with Gasteiger partial charge in [0.25, 0.3) is 5.91 Å². The van der Waals surface area contributed by atoms with E-state index in [1.54, 1.807) is 11.3 Å². The van der Waals surface area contributed by atoms with E-state index in [9.17, 15) is 4.79 Å². The van der Waals surface area contributed by atoms with Crippen LogP contribution in [0.5, 0.6) is 5.75 Å². The van der Waals surface area contributed by atoms with Gasteiger partial charge in [0.1, 0.15) is 5.75 Å². The normalized spacial score (nSPS) is 15.5. The summed E-state index contributed by atoms with van der Waals surface area (Å²) in [5.41, 5.74) is 1.13. The molecule has 2 heterocycles. The molecule has 24 heavy (non-hydrogen) atoms. The maximum atomic E-state index is 12.3. The van der Waals surface area contributed by atoms with Gasteiger partial charge in [-0.1, -0.05) is 12.1 Å². The highest BCUT2D eigenvalue weighted by Gasteiger charge is 2.21. The molecule has 1 aromatic heterocycles. The van der Waals surface area contributed by atoms with Crippen molar-refractivity contribution in [3.8, 4) is 5.75 Å². The van der Waals surface area contributed by atoms with Gasteiger partial charge in [0, 0.05) is 37.6 Å². The van der Waals surface area contributed by atoms with E-state index in [0.29, 0.717) is 0 Å². The quantitative estimate of drug-likeness (QED) is 0.758. The number of carbonyl (C=O) groups excluding carboxylic acids is 1. The number of hydrogen-bond donors (Lipinski definition) is 0. The van der Waals surface area contributed by atoms with Gasteiger partial charge in [-0.3, -0.25) is 9.69 Å². The van der Waals surface area contributed by atoms with Gasteiger partial charge in [0.2, 0.25) is 0 Å². The summed E-state index contributed by atoms with van der Waals surface area (Å²) in [6, 6.07) is 12.0. The summed E-state index contributed by atoms with van der Waals surface area (Å²) >= 11 is 5.27. The molecule has 3 rings (SSSR count). The molecule has 1 amide bonds. The van der Waals surface area contributed by atoms with E-state index in [4.69, 9.17) is 4.74 Å². The number of piperazine rings is 1. The average Bonchev–Trinajstić information content (AvgIpc) is 2.98. The summed E-state index contributed by atoms with van der Waals surface area (Å²) < 4.78 is 6.79. The molecule has 1 fully saturated rings. The van der Waals surface area contributed by atoms with Crippen LogP contribution in [-0.2, 0) is 11.3 Å². The fourth-order valence-electron chi connectivity index (χ4n) is 2.75. The zero-order valence-electron chi connectivity index (χ0n) is 13.7. The highest BCUT2D eigenvalue weighted by atomic mass is 79.9. The summed E-state index contributed by atoms with van der Waals surface area (Å²) in [7, 11) is 0. The molecule has 6 heteroatoms. The van der Waals surface area contributed by atoms with E-state index in [2.05, 4.69) is 33.0 Å². The smallest absolute Gasteiger partial charge is 0.260 e. The summed E-state index contributed by atoms with van der Waals surface area (Å²) in [6.07, 6.45) is 0. The van der Waals surface area contributed by atoms with Crippen LogP contribution in [0.3, 0.4) is 0 Å². The number of nitrogens with zero attached hydrogens (tertiary/aromatic N) is 2. The Morgan fingerprint density at radius 3 is 2.67 bits per heavy atom. The van der Waals surface area contributed by atoms with Crippen LogP contribution in [0, 0.1) is 6.92 Å². The second kappa shape index (κ2) is 8.14. The van der Waals surface area contributed by atoms with Gasteiger partial charge in [0.05, 0.1) is 3.79 Å². The van der Waals surface area contributed by atoms with E-state index >= 15 is 0 Å². The predicted octanol–water partition coefficient (Wildman–Crippen LogP) is 3.54. The number of halogens is 1. The zero-order valence-corrected chi connectivity index (χ0v) is 16.1. The minimum absolute atomic E-state index is 0.0648. The Hall–Kier alpha value is -1.37. The largest absolute Gasteiger partial charge is 0.484 e. The van der Waals surface area contributed by atoms with Gasteiger partial charge in [-0.25, -0.2) is 0 Å². The van der Waals surface area contributed by atoms with Crippen LogP contribution in [0.25, 0.3) is 0 Å². The van der Waals surface area contributed by atoms with Gasteiger partial charge in [-0.2, -0.15) is 0 Å². The fraction of sp³-hybridized carbons (Fsp3) is 0.389. The number of benzene rings is 1. The monoisotopic (exact) mass is 408 g/mol. The predicted molar refractivity (Wildman–Crippen MR) is 101 cm³/mol. The number of rotatable bonds is 5. The molecule has 1 aromatic carbocycles. The third-order valence-electron chi connectivity index (χ3n) is 4.09. The molecule has 1 aliphatic rings. The molecular weight excluding hydrogens is 388 g/mol. The molecule has 0 N–H and O–H groups in total. The molecule has 4 nitrogen and oxygen atoms in total. The van der Waals surface area contributed by atoms with E-state index in [1.807, 2.05) is 36.1 Å². The summed E-state index contributed by atoms with van der Waals surface area (Å²) in [5, 5.41) is 0. The Morgan fingerprint density at radius 2 is 2.00 bits per heavy atom. The van der Waals surface area contributed by atoms with Crippen molar-refractivity contribution in [2.24, 2.45) is 0 Å². The second-order valence-electron chi connectivity index (χ2n) is 5.97. The maximum Gasteiger partial charge on any atom is 0.260 e. The molecule has 0 saturated carbocycles. The second-order valence-corrected chi connectivity index (χ2v) is 8.52. The van der Waals surface area contributed by atoms with Gasteiger partial charge >= 0.3 is 0 Å². The SMILES string of the molecule is Cc1cccc(OCC(=O)N2CCN(Cc3ccc(Br)s3)CC2)c1. The topological polar surface area (TPSA) is 32.8 Å². The van der Waals surface area contributed by atoms with Crippen LogP contribution in [0.2, 0.25) is 0 Å². The molecule has 0 atom stereocenters. The lowest BCUT2D eigenvalue weighted by atomic mass is 10.2. The van der Waals surface area contributed by atoms with Crippen LogP contribution >= 0.6 is 27.3 Å². The Bertz CT molecular complexity index is 696. The van der Waals surface area contributed by atoms with Crippen molar-refractivity contribution in [1.29, 1.82) is 0 Å². The lowest BCUT2D eigenvalue weighted by Crippen LogP contribution is -2.49. The van der Waals surface area contributed by atoms with Crippen LogP contribution in [0.4, 0.5) is 0 Å². The summed E-state index contributed by atoms with van der Waals surface area (Å²) in [6.45, 7) is 6.43. The van der Waals surface area contributed by atoms with Crippen LogP contribution in [0.15, 0.2) is 40.2 Å².